The van der Waals surface area contributed by atoms with E-state index in [0.29, 0.717) is 10.9 Å². The van der Waals surface area contributed by atoms with Gasteiger partial charge in [0.05, 0.1) is 29.4 Å². The van der Waals surface area contributed by atoms with Crippen molar-refractivity contribution in [3.8, 4) is 0 Å². The van der Waals surface area contributed by atoms with Crippen LogP contribution in [0.1, 0.15) is 37.3 Å². The van der Waals surface area contributed by atoms with Crippen LogP contribution in [0.25, 0.3) is 27.8 Å². The van der Waals surface area contributed by atoms with E-state index in [9.17, 15) is 9.90 Å². The lowest BCUT2D eigenvalue weighted by molar-refractivity contribution is 0.0735. The van der Waals surface area contributed by atoms with Crippen LogP contribution in [-0.2, 0) is 0 Å². The minimum absolute atomic E-state index is 0.0835. The summed E-state index contributed by atoms with van der Waals surface area (Å²) in [5, 5.41) is 12.9. The third-order valence-electron chi connectivity index (χ3n) is 5.10. The first-order chi connectivity index (χ1) is 11.7. The summed E-state index contributed by atoms with van der Waals surface area (Å²) in [5.74, 6) is 0. The highest BCUT2D eigenvalue weighted by Gasteiger charge is 2.26. The molecule has 0 bridgehead atoms. The molecule has 0 amide bonds. The lowest BCUT2D eigenvalue weighted by atomic mass is 9.92. The summed E-state index contributed by atoms with van der Waals surface area (Å²) < 4.78 is 1.62. The van der Waals surface area contributed by atoms with Gasteiger partial charge >= 0.3 is 0 Å². The molecule has 2 aromatic carbocycles. The molecule has 2 atom stereocenters. The summed E-state index contributed by atoms with van der Waals surface area (Å²) in [6, 6.07) is 9.61. The molecule has 1 aliphatic rings. The van der Waals surface area contributed by atoms with Gasteiger partial charge in [0.2, 0.25) is 0 Å². The van der Waals surface area contributed by atoms with Crippen molar-refractivity contribution in [3.63, 3.8) is 0 Å². The van der Waals surface area contributed by atoms with Gasteiger partial charge in [0.1, 0.15) is 0 Å². The first kappa shape index (κ1) is 15.1. The predicted molar refractivity (Wildman–Crippen MR) is 97.1 cm³/mol. The number of aromatic nitrogens is 2. The molecule has 1 N–H and O–H groups in total. The SMILES string of the molecule is C=Cc1cc2c(=O)n([C@@H]3CCCC[C@H]3O)cnc2c2ccccc12. The molecule has 1 aliphatic carbocycles. The van der Waals surface area contributed by atoms with Crippen LogP contribution in [0.3, 0.4) is 0 Å². The van der Waals surface area contributed by atoms with Gasteiger partial charge in [0.25, 0.3) is 5.56 Å². The number of rotatable bonds is 2. The Kier molecular flexibility index (Phi) is 3.69. The minimum atomic E-state index is -0.477. The Morgan fingerprint density at radius 3 is 2.67 bits per heavy atom. The largest absolute Gasteiger partial charge is 0.391 e. The molecular weight excluding hydrogens is 300 g/mol. The third kappa shape index (κ3) is 2.26. The molecule has 24 heavy (non-hydrogen) atoms. The molecule has 1 aromatic heterocycles. The Bertz CT molecular complexity index is 990. The number of aliphatic hydroxyl groups is 1. The van der Waals surface area contributed by atoms with Crippen molar-refractivity contribution in [3.05, 3.63) is 59.2 Å². The molecule has 0 radical (unpaired) electrons. The Morgan fingerprint density at radius 1 is 1.17 bits per heavy atom. The van der Waals surface area contributed by atoms with Crippen molar-refractivity contribution in [2.45, 2.75) is 37.8 Å². The molecule has 1 heterocycles. The van der Waals surface area contributed by atoms with Crippen LogP contribution in [0, 0.1) is 0 Å². The Morgan fingerprint density at radius 2 is 1.92 bits per heavy atom. The number of nitrogens with zero attached hydrogens (tertiary/aromatic N) is 2. The van der Waals surface area contributed by atoms with Gasteiger partial charge in [-0.25, -0.2) is 4.98 Å². The number of hydrogen-bond donors (Lipinski definition) is 1. The van der Waals surface area contributed by atoms with Crippen molar-refractivity contribution in [1.82, 2.24) is 9.55 Å². The second-order valence-electron chi connectivity index (χ2n) is 6.49. The van der Waals surface area contributed by atoms with Crippen LogP contribution in [0.15, 0.2) is 48.0 Å². The molecule has 0 saturated heterocycles. The van der Waals surface area contributed by atoms with Crippen molar-refractivity contribution < 1.29 is 5.11 Å². The lowest BCUT2D eigenvalue weighted by Gasteiger charge is -2.29. The van der Waals surface area contributed by atoms with Gasteiger partial charge in [-0.05, 0) is 29.9 Å². The molecule has 1 fully saturated rings. The first-order valence-electron chi connectivity index (χ1n) is 8.44. The maximum atomic E-state index is 13.1. The maximum Gasteiger partial charge on any atom is 0.261 e. The highest BCUT2D eigenvalue weighted by Crippen LogP contribution is 2.30. The quantitative estimate of drug-likeness (QED) is 0.733. The van der Waals surface area contributed by atoms with Gasteiger partial charge in [-0.2, -0.15) is 0 Å². The molecule has 0 spiro atoms. The highest BCUT2D eigenvalue weighted by atomic mass is 16.3. The second-order valence-corrected chi connectivity index (χ2v) is 6.49. The van der Waals surface area contributed by atoms with Crippen LogP contribution < -0.4 is 5.56 Å². The van der Waals surface area contributed by atoms with E-state index in [0.717, 1.165) is 42.0 Å². The van der Waals surface area contributed by atoms with Crippen molar-refractivity contribution in [2.75, 3.05) is 0 Å². The van der Waals surface area contributed by atoms with Crippen LogP contribution in [0.5, 0.6) is 0 Å². The monoisotopic (exact) mass is 320 g/mol. The lowest BCUT2D eigenvalue weighted by Crippen LogP contribution is -2.34. The van der Waals surface area contributed by atoms with E-state index < -0.39 is 6.10 Å². The summed E-state index contributed by atoms with van der Waals surface area (Å²) in [7, 11) is 0. The predicted octanol–water partition coefficient (Wildman–Crippen LogP) is 3.67. The Hall–Kier alpha value is -2.46. The fourth-order valence-corrected chi connectivity index (χ4v) is 3.82. The van der Waals surface area contributed by atoms with E-state index in [1.807, 2.05) is 30.3 Å². The summed E-state index contributed by atoms with van der Waals surface area (Å²) in [6.45, 7) is 3.87. The topological polar surface area (TPSA) is 55.1 Å². The molecule has 4 rings (SSSR count). The van der Waals surface area contributed by atoms with E-state index in [2.05, 4.69) is 11.6 Å². The van der Waals surface area contributed by atoms with Crippen LogP contribution in [0.2, 0.25) is 0 Å². The molecule has 0 aliphatic heterocycles. The average molecular weight is 320 g/mol. The van der Waals surface area contributed by atoms with Crippen molar-refractivity contribution in [2.24, 2.45) is 0 Å². The highest BCUT2D eigenvalue weighted by molar-refractivity contribution is 6.08. The average Bonchev–Trinajstić information content (AvgIpc) is 2.62. The fourth-order valence-electron chi connectivity index (χ4n) is 3.82. The van der Waals surface area contributed by atoms with E-state index in [1.165, 1.54) is 0 Å². The van der Waals surface area contributed by atoms with Gasteiger partial charge in [0, 0.05) is 5.39 Å². The number of fused-ring (bicyclic) bond motifs is 3. The number of hydrogen-bond acceptors (Lipinski definition) is 3. The molecule has 1 saturated carbocycles. The van der Waals surface area contributed by atoms with Crippen LogP contribution >= 0.6 is 0 Å². The molecule has 122 valence electrons. The molecule has 3 aromatic rings. The van der Waals surface area contributed by atoms with E-state index in [1.54, 1.807) is 17.0 Å². The van der Waals surface area contributed by atoms with Crippen LogP contribution in [0.4, 0.5) is 0 Å². The van der Waals surface area contributed by atoms with Gasteiger partial charge in [0.15, 0.2) is 0 Å². The number of benzene rings is 2. The molecule has 4 nitrogen and oxygen atoms in total. The standard InChI is InChI=1S/C20H20N2O2/c1-2-13-11-16-19(15-8-4-3-7-14(13)15)21-12-22(20(16)24)17-9-5-6-10-18(17)23/h2-4,7-8,11-12,17-18,23H,1,5-6,9-10H2/t17-,18-/m1/s1. The molecule has 0 unspecified atom stereocenters. The fraction of sp³-hybridized carbons (Fsp3) is 0.300. The Labute approximate surface area is 140 Å². The molecular formula is C20H20N2O2. The van der Waals surface area contributed by atoms with Crippen LogP contribution in [-0.4, -0.2) is 20.8 Å². The summed E-state index contributed by atoms with van der Waals surface area (Å²) >= 11 is 0. The zero-order chi connectivity index (χ0) is 16.7. The minimum Gasteiger partial charge on any atom is -0.391 e. The van der Waals surface area contributed by atoms with Crippen molar-refractivity contribution >= 4 is 27.8 Å². The number of aliphatic hydroxyl groups excluding tert-OH is 1. The van der Waals surface area contributed by atoms with Gasteiger partial charge < -0.3 is 5.11 Å². The Balaban J connectivity index is 2.01. The summed E-state index contributed by atoms with van der Waals surface area (Å²) in [4.78, 5) is 17.6. The van der Waals surface area contributed by atoms with Gasteiger partial charge in [-0.1, -0.05) is 49.8 Å². The zero-order valence-corrected chi connectivity index (χ0v) is 13.5. The van der Waals surface area contributed by atoms with Gasteiger partial charge in [-0.15, -0.1) is 0 Å². The third-order valence-corrected chi connectivity index (χ3v) is 5.10. The van der Waals surface area contributed by atoms with Gasteiger partial charge in [-0.3, -0.25) is 9.36 Å². The smallest absolute Gasteiger partial charge is 0.261 e. The normalized spacial score (nSPS) is 21.2. The van der Waals surface area contributed by atoms with E-state index in [-0.39, 0.29) is 11.6 Å². The second kappa shape index (κ2) is 5.87. The molecule has 4 heteroatoms. The summed E-state index contributed by atoms with van der Waals surface area (Å²) in [5.41, 5.74) is 1.56. The van der Waals surface area contributed by atoms with E-state index >= 15 is 0 Å². The summed E-state index contributed by atoms with van der Waals surface area (Å²) in [6.07, 6.45) is 6.49. The maximum absolute atomic E-state index is 13.1. The first-order valence-corrected chi connectivity index (χ1v) is 8.44. The van der Waals surface area contributed by atoms with Crippen molar-refractivity contribution in [1.29, 1.82) is 0 Å². The zero-order valence-electron chi connectivity index (χ0n) is 13.5. The van der Waals surface area contributed by atoms with E-state index in [4.69, 9.17) is 0 Å².